The second-order valence-electron chi connectivity index (χ2n) is 8.49. The Hall–Kier alpha value is -2.98. The fourth-order valence-electron chi connectivity index (χ4n) is 4.17. The second kappa shape index (κ2) is 9.58. The summed E-state index contributed by atoms with van der Waals surface area (Å²) in [6.45, 7) is 1.77. The quantitative estimate of drug-likeness (QED) is 0.466. The molecule has 2 aliphatic rings. The Kier molecular flexibility index (Phi) is 6.50. The van der Waals surface area contributed by atoms with Crippen molar-refractivity contribution in [3.05, 3.63) is 61.9 Å². The second-order valence-corrected chi connectivity index (χ2v) is 10.3. The molecule has 3 aromatic rings. The zero-order valence-electron chi connectivity index (χ0n) is 18.6. The third kappa shape index (κ3) is 4.77. The molecule has 0 saturated carbocycles. The van der Waals surface area contributed by atoms with Gasteiger partial charge in [0.05, 0.1) is 26.7 Å². The Bertz CT molecular complexity index is 1460. The smallest absolute Gasteiger partial charge is 0.279 e. The molecule has 0 bridgehead atoms. The molecule has 1 saturated heterocycles. The van der Waals surface area contributed by atoms with Crippen LogP contribution >= 0.6 is 34.5 Å². The minimum Gasteiger partial charge on any atom is -0.492 e. The standard InChI is InChI=1S/C24H21Cl2N5O3S/c1-31-9-7-12(8-10-31)21(32)27-13-5-6-16-14(11-13)18(22(33)28-16)20-23(34)30-24(35-20)29-17-4-2-3-15(25)19(17)26/h2-6,11-12,34H,7-10H2,1H3,(H,27,32)(H,29,30). The van der Waals surface area contributed by atoms with Crippen LogP contribution in [0.4, 0.5) is 16.5 Å². The van der Waals surface area contributed by atoms with E-state index in [2.05, 4.69) is 25.5 Å². The molecule has 0 unspecified atom stereocenters. The Balaban J connectivity index is 1.45. The van der Waals surface area contributed by atoms with Crippen LogP contribution < -0.4 is 21.2 Å². The Morgan fingerprint density at radius 1 is 1.20 bits per heavy atom. The van der Waals surface area contributed by atoms with E-state index in [0.717, 1.165) is 37.3 Å². The van der Waals surface area contributed by atoms with Gasteiger partial charge in [-0.25, -0.2) is 4.99 Å². The van der Waals surface area contributed by atoms with Crippen LogP contribution in [0.3, 0.4) is 0 Å². The molecule has 0 spiro atoms. The molecule has 0 atom stereocenters. The number of halogens is 2. The monoisotopic (exact) mass is 529 g/mol. The maximum atomic E-state index is 12.8. The number of fused-ring (bicyclic) bond motifs is 1. The first-order valence-corrected chi connectivity index (χ1v) is 12.6. The molecule has 3 heterocycles. The Labute approximate surface area is 214 Å². The van der Waals surface area contributed by atoms with Gasteiger partial charge in [-0.2, -0.15) is 4.98 Å². The molecule has 2 amide bonds. The summed E-state index contributed by atoms with van der Waals surface area (Å²) in [6, 6.07) is 10.3. The molecule has 35 heavy (non-hydrogen) atoms. The molecular weight excluding hydrogens is 509 g/mol. The predicted octanol–water partition coefficient (Wildman–Crippen LogP) is 3.54. The lowest BCUT2D eigenvalue weighted by molar-refractivity contribution is -0.121. The number of carbonyl (C=O) groups is 2. The lowest BCUT2D eigenvalue weighted by Crippen LogP contribution is -2.36. The Morgan fingerprint density at radius 2 is 1.97 bits per heavy atom. The molecule has 11 heteroatoms. The largest absolute Gasteiger partial charge is 0.492 e. The molecule has 2 aliphatic heterocycles. The van der Waals surface area contributed by atoms with Gasteiger partial charge in [0.15, 0.2) is 5.13 Å². The van der Waals surface area contributed by atoms with E-state index in [1.165, 1.54) is 0 Å². The zero-order chi connectivity index (χ0) is 24.7. The molecule has 0 radical (unpaired) electrons. The maximum absolute atomic E-state index is 12.8. The van der Waals surface area contributed by atoms with Crippen molar-refractivity contribution in [2.45, 2.75) is 12.8 Å². The highest BCUT2D eigenvalue weighted by atomic mass is 35.5. The summed E-state index contributed by atoms with van der Waals surface area (Å²) in [5.41, 5.74) is 1.32. The summed E-state index contributed by atoms with van der Waals surface area (Å²) >= 11 is 13.4. The number of rotatable bonds is 5. The molecule has 8 nitrogen and oxygen atoms in total. The first-order chi connectivity index (χ1) is 16.8. The van der Waals surface area contributed by atoms with E-state index < -0.39 is 5.91 Å². The first kappa shape index (κ1) is 23.7. The predicted molar refractivity (Wildman–Crippen MR) is 137 cm³/mol. The molecule has 1 fully saturated rings. The van der Waals surface area contributed by atoms with E-state index in [9.17, 15) is 14.7 Å². The maximum Gasteiger partial charge on any atom is 0.279 e. The lowest BCUT2D eigenvalue weighted by atomic mass is 9.96. The number of thiazole rings is 1. The van der Waals surface area contributed by atoms with Crippen molar-refractivity contribution in [2.75, 3.05) is 30.8 Å². The number of benzene rings is 2. The number of nitrogens with zero attached hydrogens (tertiary/aromatic N) is 3. The normalized spacial score (nSPS) is 16.2. The highest BCUT2D eigenvalue weighted by Crippen LogP contribution is 2.38. The van der Waals surface area contributed by atoms with Crippen LogP contribution in [0.5, 0.6) is 5.88 Å². The molecule has 180 valence electrons. The van der Waals surface area contributed by atoms with Crippen LogP contribution in [0.15, 0.2) is 41.4 Å². The third-order valence-corrected chi connectivity index (χ3v) is 7.88. The lowest BCUT2D eigenvalue weighted by Gasteiger charge is -2.28. The van der Waals surface area contributed by atoms with Crippen molar-refractivity contribution in [2.24, 2.45) is 10.9 Å². The van der Waals surface area contributed by atoms with Crippen LogP contribution in [-0.4, -0.2) is 46.9 Å². The van der Waals surface area contributed by atoms with Gasteiger partial charge in [-0.3, -0.25) is 9.59 Å². The molecule has 3 N–H and O–H groups in total. The number of carbonyl (C=O) groups excluding carboxylic acids is 2. The summed E-state index contributed by atoms with van der Waals surface area (Å²) in [6.07, 6.45) is 1.61. The van der Waals surface area contributed by atoms with Gasteiger partial charge in [-0.15, -0.1) is 0 Å². The molecular formula is C24H21Cl2N5O3S. The summed E-state index contributed by atoms with van der Waals surface area (Å²) in [7, 11) is 2.05. The van der Waals surface area contributed by atoms with Crippen molar-refractivity contribution in [1.82, 2.24) is 9.88 Å². The number of anilines is 3. The molecule has 1 aromatic heterocycles. The topological polar surface area (TPSA) is 107 Å². The van der Waals surface area contributed by atoms with Crippen LogP contribution in [0, 0.1) is 5.92 Å². The summed E-state index contributed by atoms with van der Waals surface area (Å²) in [5.74, 6) is -0.869. The molecule has 5 rings (SSSR count). The van der Waals surface area contributed by atoms with Gasteiger partial charge in [-0.05, 0) is 63.3 Å². The third-order valence-electron chi connectivity index (χ3n) is 6.09. The summed E-state index contributed by atoms with van der Waals surface area (Å²) in [4.78, 5) is 36.3. The minimum atomic E-state index is -0.481. The van der Waals surface area contributed by atoms with E-state index in [0.29, 0.717) is 37.1 Å². The molecule has 2 aromatic carbocycles. The number of nitrogens with one attached hydrogen (secondary N) is 2. The van der Waals surface area contributed by atoms with Crippen LogP contribution in [-0.2, 0) is 9.59 Å². The average molecular weight is 530 g/mol. The van der Waals surface area contributed by atoms with Crippen molar-refractivity contribution in [3.63, 3.8) is 0 Å². The van der Waals surface area contributed by atoms with Gasteiger partial charge in [0.1, 0.15) is 4.88 Å². The summed E-state index contributed by atoms with van der Waals surface area (Å²) < 4.78 is 0. The van der Waals surface area contributed by atoms with E-state index in [1.807, 2.05) is 7.05 Å². The van der Waals surface area contributed by atoms with Gasteiger partial charge in [-0.1, -0.05) is 40.6 Å². The van der Waals surface area contributed by atoms with Crippen LogP contribution in [0.1, 0.15) is 17.7 Å². The number of aromatic hydroxyl groups is 1. The fourth-order valence-corrected chi connectivity index (χ4v) is 5.44. The van der Waals surface area contributed by atoms with Gasteiger partial charge in [0.2, 0.25) is 11.8 Å². The van der Waals surface area contributed by atoms with Crippen molar-refractivity contribution >= 4 is 68.4 Å². The van der Waals surface area contributed by atoms with Gasteiger partial charge >= 0.3 is 0 Å². The van der Waals surface area contributed by atoms with E-state index in [-0.39, 0.29) is 28.2 Å². The van der Waals surface area contributed by atoms with E-state index in [4.69, 9.17) is 23.2 Å². The average Bonchev–Trinajstić information content (AvgIpc) is 3.34. The highest BCUT2D eigenvalue weighted by molar-refractivity contribution is 7.17. The van der Waals surface area contributed by atoms with Crippen molar-refractivity contribution in [1.29, 1.82) is 0 Å². The number of hydrogen-bond donors (Lipinski definition) is 3. The number of hydrogen-bond acceptors (Lipinski definition) is 7. The van der Waals surface area contributed by atoms with Gasteiger partial charge < -0.3 is 20.6 Å². The van der Waals surface area contributed by atoms with Gasteiger partial charge in [0.25, 0.3) is 5.91 Å². The van der Waals surface area contributed by atoms with Crippen molar-refractivity contribution in [3.8, 4) is 5.88 Å². The number of aromatic nitrogens is 1. The number of amides is 2. The Morgan fingerprint density at radius 3 is 2.74 bits per heavy atom. The minimum absolute atomic E-state index is 0.0358. The van der Waals surface area contributed by atoms with E-state index in [1.54, 1.807) is 36.4 Å². The fraction of sp³-hybridized carbons (Fsp3) is 0.250. The van der Waals surface area contributed by atoms with Crippen LogP contribution in [0.25, 0.3) is 5.57 Å². The van der Waals surface area contributed by atoms with E-state index >= 15 is 0 Å². The SMILES string of the molecule is CN1CCC(C(=O)Nc2ccc3c(c2)=C(c2sc(Nc4cccc(Cl)c4Cl)nc2O)C(=O)N=3)CC1. The number of piperidine rings is 1. The molecule has 0 aliphatic carbocycles. The van der Waals surface area contributed by atoms with Crippen molar-refractivity contribution < 1.29 is 14.7 Å². The van der Waals surface area contributed by atoms with Gasteiger partial charge in [0, 0.05) is 16.8 Å². The first-order valence-electron chi connectivity index (χ1n) is 11.0. The van der Waals surface area contributed by atoms with Crippen LogP contribution in [0.2, 0.25) is 10.0 Å². The zero-order valence-corrected chi connectivity index (χ0v) is 21.0. The number of likely N-dealkylation sites (tertiary alicyclic amines) is 1. The summed E-state index contributed by atoms with van der Waals surface area (Å²) in [5, 5.41) is 18.6. The highest BCUT2D eigenvalue weighted by Gasteiger charge is 2.26.